The maximum Gasteiger partial charge on any atom is 0.269 e. The molecule has 0 radical (unpaired) electrons. The van der Waals surface area contributed by atoms with Gasteiger partial charge in [0.2, 0.25) is 5.91 Å². The van der Waals surface area contributed by atoms with Crippen LogP contribution in [0, 0.1) is 17.0 Å². The number of amides is 1. The number of hydrogen-bond acceptors (Lipinski definition) is 6. The first-order valence-corrected chi connectivity index (χ1v) is 10.8. The second-order valence-corrected chi connectivity index (χ2v) is 7.88. The van der Waals surface area contributed by atoms with Crippen molar-refractivity contribution in [3.63, 3.8) is 0 Å². The van der Waals surface area contributed by atoms with Crippen LogP contribution in [0.1, 0.15) is 5.56 Å². The molecule has 160 valence electrons. The van der Waals surface area contributed by atoms with E-state index in [1.54, 1.807) is 12.1 Å². The van der Waals surface area contributed by atoms with Gasteiger partial charge in [-0.05, 0) is 42.8 Å². The number of non-ortho nitro benzene ring substituents is 1. The molecular formula is C23H19N5O3S. The summed E-state index contributed by atoms with van der Waals surface area (Å²) in [6.45, 7) is 1.94. The standard InChI is InChI=1S/C23H19N5O3S/c1-16-7-5-6-10-20(16)24-21(29)15-32-23-26-25-22(27(23)18-8-3-2-4-9-18)17-11-13-19(14-12-17)28(30)31/h2-14H,15H2,1H3,(H,24,29). The normalized spacial score (nSPS) is 10.7. The Morgan fingerprint density at radius 3 is 2.38 bits per heavy atom. The molecule has 0 aliphatic rings. The van der Waals surface area contributed by atoms with Crippen molar-refractivity contribution in [2.75, 3.05) is 11.1 Å². The topological polar surface area (TPSA) is 103 Å². The maximum absolute atomic E-state index is 12.5. The van der Waals surface area contributed by atoms with Gasteiger partial charge in [0.1, 0.15) is 0 Å². The average molecular weight is 446 g/mol. The molecule has 0 aliphatic carbocycles. The third-order valence-electron chi connectivity index (χ3n) is 4.74. The van der Waals surface area contributed by atoms with Crippen molar-refractivity contribution >= 4 is 29.0 Å². The molecule has 1 amide bonds. The number of thioether (sulfide) groups is 1. The van der Waals surface area contributed by atoms with Crippen molar-refractivity contribution in [2.24, 2.45) is 0 Å². The second kappa shape index (κ2) is 9.44. The van der Waals surface area contributed by atoms with E-state index in [9.17, 15) is 14.9 Å². The zero-order valence-corrected chi connectivity index (χ0v) is 18.0. The van der Waals surface area contributed by atoms with Crippen molar-refractivity contribution in [3.05, 3.63) is 94.5 Å². The molecule has 0 atom stereocenters. The first kappa shape index (κ1) is 21.3. The Kier molecular flexibility index (Phi) is 6.27. The van der Waals surface area contributed by atoms with E-state index in [0.29, 0.717) is 16.5 Å². The van der Waals surface area contributed by atoms with Gasteiger partial charge in [0.15, 0.2) is 11.0 Å². The smallest absolute Gasteiger partial charge is 0.269 e. The summed E-state index contributed by atoms with van der Waals surface area (Å²) in [5.41, 5.74) is 3.27. The van der Waals surface area contributed by atoms with Gasteiger partial charge in [-0.25, -0.2) is 0 Å². The summed E-state index contributed by atoms with van der Waals surface area (Å²) >= 11 is 1.27. The molecule has 0 unspecified atom stereocenters. The lowest BCUT2D eigenvalue weighted by Gasteiger charge is -2.11. The Balaban J connectivity index is 1.60. The maximum atomic E-state index is 12.5. The van der Waals surface area contributed by atoms with Gasteiger partial charge in [0, 0.05) is 29.1 Å². The molecule has 0 bridgehead atoms. The number of nitrogens with zero attached hydrogens (tertiary/aromatic N) is 4. The SMILES string of the molecule is Cc1ccccc1NC(=O)CSc1nnc(-c2ccc([N+](=O)[O-])cc2)n1-c1ccccc1. The van der Waals surface area contributed by atoms with Crippen LogP contribution >= 0.6 is 11.8 Å². The number of benzene rings is 3. The molecule has 1 heterocycles. The zero-order valence-electron chi connectivity index (χ0n) is 17.1. The summed E-state index contributed by atoms with van der Waals surface area (Å²) in [7, 11) is 0. The number of carbonyl (C=O) groups excluding carboxylic acids is 1. The Morgan fingerprint density at radius 2 is 1.69 bits per heavy atom. The molecule has 0 spiro atoms. The van der Waals surface area contributed by atoms with Crippen molar-refractivity contribution < 1.29 is 9.72 Å². The number of aryl methyl sites for hydroxylation is 1. The number of rotatable bonds is 7. The van der Waals surface area contributed by atoms with Crippen LogP contribution in [0.3, 0.4) is 0 Å². The number of para-hydroxylation sites is 2. The van der Waals surface area contributed by atoms with E-state index in [2.05, 4.69) is 15.5 Å². The quantitative estimate of drug-likeness (QED) is 0.247. The van der Waals surface area contributed by atoms with Crippen molar-refractivity contribution in [2.45, 2.75) is 12.1 Å². The van der Waals surface area contributed by atoms with Gasteiger partial charge < -0.3 is 5.32 Å². The van der Waals surface area contributed by atoms with E-state index >= 15 is 0 Å². The van der Waals surface area contributed by atoms with Gasteiger partial charge in [0.25, 0.3) is 5.69 Å². The Hall–Kier alpha value is -3.98. The molecule has 1 aromatic heterocycles. The van der Waals surface area contributed by atoms with E-state index in [1.165, 1.54) is 23.9 Å². The summed E-state index contributed by atoms with van der Waals surface area (Å²) in [5, 5.41) is 23.0. The van der Waals surface area contributed by atoms with Crippen LogP contribution in [0.15, 0.2) is 84.0 Å². The van der Waals surface area contributed by atoms with Crippen molar-refractivity contribution in [1.29, 1.82) is 0 Å². The molecule has 32 heavy (non-hydrogen) atoms. The van der Waals surface area contributed by atoms with E-state index in [4.69, 9.17) is 0 Å². The van der Waals surface area contributed by atoms with Crippen LogP contribution in [-0.2, 0) is 4.79 Å². The van der Waals surface area contributed by atoms with Gasteiger partial charge in [-0.2, -0.15) is 0 Å². The molecule has 3 aromatic carbocycles. The fourth-order valence-corrected chi connectivity index (χ4v) is 3.87. The lowest BCUT2D eigenvalue weighted by atomic mass is 10.2. The van der Waals surface area contributed by atoms with E-state index in [1.807, 2.05) is 66.1 Å². The highest BCUT2D eigenvalue weighted by molar-refractivity contribution is 7.99. The predicted molar refractivity (Wildman–Crippen MR) is 124 cm³/mol. The van der Waals surface area contributed by atoms with Crippen molar-refractivity contribution in [3.8, 4) is 17.1 Å². The summed E-state index contributed by atoms with van der Waals surface area (Å²) in [5.74, 6) is 0.538. The molecular weight excluding hydrogens is 426 g/mol. The summed E-state index contributed by atoms with van der Waals surface area (Å²) < 4.78 is 1.84. The number of hydrogen-bond donors (Lipinski definition) is 1. The molecule has 4 aromatic rings. The molecule has 8 nitrogen and oxygen atoms in total. The van der Waals surface area contributed by atoms with Gasteiger partial charge >= 0.3 is 0 Å². The minimum atomic E-state index is -0.444. The third kappa shape index (κ3) is 4.68. The van der Waals surface area contributed by atoms with E-state index < -0.39 is 4.92 Å². The molecule has 0 fully saturated rings. The van der Waals surface area contributed by atoms with Crippen LogP contribution < -0.4 is 5.32 Å². The minimum Gasteiger partial charge on any atom is -0.325 e. The summed E-state index contributed by atoms with van der Waals surface area (Å²) in [4.78, 5) is 23.0. The van der Waals surface area contributed by atoms with Crippen LogP contribution in [0.4, 0.5) is 11.4 Å². The number of anilines is 1. The molecule has 0 saturated carbocycles. The minimum absolute atomic E-state index is 0.00185. The van der Waals surface area contributed by atoms with Gasteiger partial charge in [0.05, 0.1) is 10.7 Å². The second-order valence-electron chi connectivity index (χ2n) is 6.93. The number of nitro benzene ring substituents is 1. The van der Waals surface area contributed by atoms with Gasteiger partial charge in [-0.15, -0.1) is 10.2 Å². The number of carbonyl (C=O) groups is 1. The summed E-state index contributed by atoms with van der Waals surface area (Å²) in [6, 6.07) is 23.3. The molecule has 0 aliphatic heterocycles. The van der Waals surface area contributed by atoms with Crippen LogP contribution in [0.25, 0.3) is 17.1 Å². The highest BCUT2D eigenvalue weighted by Gasteiger charge is 2.18. The largest absolute Gasteiger partial charge is 0.325 e. The highest BCUT2D eigenvalue weighted by atomic mass is 32.2. The summed E-state index contributed by atoms with van der Waals surface area (Å²) in [6.07, 6.45) is 0. The lowest BCUT2D eigenvalue weighted by molar-refractivity contribution is -0.384. The lowest BCUT2D eigenvalue weighted by Crippen LogP contribution is -2.15. The Bertz CT molecular complexity index is 1260. The van der Waals surface area contributed by atoms with Crippen LogP contribution in [0.5, 0.6) is 0 Å². The van der Waals surface area contributed by atoms with E-state index in [-0.39, 0.29) is 17.3 Å². The molecule has 9 heteroatoms. The third-order valence-corrected chi connectivity index (χ3v) is 5.66. The fourth-order valence-electron chi connectivity index (χ4n) is 3.12. The molecule has 1 N–H and O–H groups in total. The first-order chi connectivity index (χ1) is 15.5. The Labute approximate surface area is 188 Å². The number of aromatic nitrogens is 3. The van der Waals surface area contributed by atoms with Crippen LogP contribution in [-0.4, -0.2) is 31.3 Å². The van der Waals surface area contributed by atoms with Crippen molar-refractivity contribution in [1.82, 2.24) is 14.8 Å². The Morgan fingerprint density at radius 1 is 1.00 bits per heavy atom. The van der Waals surface area contributed by atoms with Gasteiger partial charge in [-0.1, -0.05) is 48.2 Å². The highest BCUT2D eigenvalue weighted by Crippen LogP contribution is 2.29. The average Bonchev–Trinajstić information content (AvgIpc) is 3.24. The van der Waals surface area contributed by atoms with E-state index in [0.717, 1.165) is 16.9 Å². The zero-order chi connectivity index (χ0) is 22.5. The predicted octanol–water partition coefficient (Wildman–Crippen LogP) is 4.88. The monoisotopic (exact) mass is 445 g/mol. The van der Waals surface area contributed by atoms with Gasteiger partial charge in [-0.3, -0.25) is 19.5 Å². The first-order valence-electron chi connectivity index (χ1n) is 9.77. The number of nitrogens with one attached hydrogen (secondary N) is 1. The molecule has 0 saturated heterocycles. The molecule has 4 rings (SSSR count). The fraction of sp³-hybridized carbons (Fsp3) is 0.0870. The van der Waals surface area contributed by atoms with Crippen LogP contribution in [0.2, 0.25) is 0 Å². The number of nitro groups is 1.